The first-order valence-electron chi connectivity index (χ1n) is 12.2. The van der Waals surface area contributed by atoms with Crippen LogP contribution in [0.3, 0.4) is 0 Å². The molecule has 3 heterocycles. The smallest absolute Gasteiger partial charge is 0.348 e. The monoisotopic (exact) mass is 516 g/mol. The van der Waals surface area contributed by atoms with Crippen LogP contribution < -0.4 is 11.1 Å². The summed E-state index contributed by atoms with van der Waals surface area (Å²) in [5.41, 5.74) is 9.17. The molecule has 9 heteroatoms. The molecule has 0 unspecified atom stereocenters. The molecule has 2 aromatic carbocycles. The fraction of sp³-hybridized carbons (Fsp3) is 0.286. The first-order valence-corrected chi connectivity index (χ1v) is 13.0. The number of aryl methyl sites for hydroxylation is 1. The Hall–Kier alpha value is -3.82. The summed E-state index contributed by atoms with van der Waals surface area (Å²) in [4.78, 5) is 34.9. The number of nitrogens with one attached hydrogen (secondary N) is 1. The largest absolute Gasteiger partial charge is 0.462 e. The number of rotatable bonds is 6. The van der Waals surface area contributed by atoms with Crippen LogP contribution in [0, 0.1) is 6.92 Å². The normalized spacial score (nSPS) is 14.9. The van der Waals surface area contributed by atoms with E-state index >= 15 is 0 Å². The van der Waals surface area contributed by atoms with Gasteiger partial charge in [0.25, 0.3) is 0 Å². The molecule has 4 aromatic rings. The summed E-state index contributed by atoms with van der Waals surface area (Å²) >= 11 is 1.40. The third kappa shape index (κ3) is 4.80. The number of carbonyl (C=O) groups excluding carboxylic acids is 2. The lowest BCUT2D eigenvalue weighted by Crippen LogP contribution is -2.44. The Kier molecular flexibility index (Phi) is 6.90. The molecule has 2 aromatic heterocycles. The van der Waals surface area contributed by atoms with Gasteiger partial charge in [0.1, 0.15) is 4.88 Å². The Morgan fingerprint density at radius 1 is 1.08 bits per heavy atom. The lowest BCUT2D eigenvalue weighted by Gasteiger charge is -2.36. The fourth-order valence-corrected chi connectivity index (χ4v) is 5.86. The zero-order chi connectivity index (χ0) is 26.0. The maximum Gasteiger partial charge on any atom is 0.348 e. The summed E-state index contributed by atoms with van der Waals surface area (Å²) in [7, 11) is 0. The van der Waals surface area contributed by atoms with Crippen LogP contribution >= 0.6 is 11.3 Å². The van der Waals surface area contributed by atoms with Crippen molar-refractivity contribution in [2.75, 3.05) is 30.9 Å². The minimum atomic E-state index is -0.719. The standard InChI is InChI=1S/C28H28N4O4S/c1-3-36-25(33)24-17(2)22-14-21(8-9-23(22)37-24)32-26(34)28(10-12-35-13-11-28)20-6-4-18(5-7-20)19-15-30-27(29)31-16-19/h4-9,14-16H,3,10-13H2,1-2H3,(H,32,34)(H2,29,30,31). The number of esters is 1. The number of ether oxygens (including phenoxy) is 2. The van der Waals surface area contributed by atoms with E-state index in [1.165, 1.54) is 11.3 Å². The molecule has 1 aliphatic heterocycles. The first-order chi connectivity index (χ1) is 17.9. The van der Waals surface area contributed by atoms with Crippen molar-refractivity contribution >= 4 is 44.9 Å². The van der Waals surface area contributed by atoms with Gasteiger partial charge in [0.05, 0.1) is 12.0 Å². The average molecular weight is 517 g/mol. The molecule has 1 saturated heterocycles. The van der Waals surface area contributed by atoms with Gasteiger partial charge in [0.2, 0.25) is 11.9 Å². The molecule has 5 rings (SSSR count). The molecular weight excluding hydrogens is 488 g/mol. The molecule has 0 bridgehead atoms. The maximum atomic E-state index is 13.8. The number of carbonyl (C=O) groups is 2. The molecule has 3 N–H and O–H groups in total. The predicted octanol–water partition coefficient (Wildman–Crippen LogP) is 5.11. The summed E-state index contributed by atoms with van der Waals surface area (Å²) in [6.45, 7) is 5.04. The Labute approximate surface area is 218 Å². The summed E-state index contributed by atoms with van der Waals surface area (Å²) in [6, 6.07) is 13.7. The van der Waals surface area contributed by atoms with E-state index in [1.54, 1.807) is 19.3 Å². The van der Waals surface area contributed by atoms with Crippen LogP contribution in [0.4, 0.5) is 11.6 Å². The molecule has 1 aliphatic rings. The number of fused-ring (bicyclic) bond motifs is 1. The molecule has 190 valence electrons. The number of aromatic nitrogens is 2. The Morgan fingerprint density at radius 2 is 1.78 bits per heavy atom. The summed E-state index contributed by atoms with van der Waals surface area (Å²) in [5, 5.41) is 4.08. The molecule has 0 aliphatic carbocycles. The van der Waals surface area contributed by atoms with E-state index in [9.17, 15) is 9.59 Å². The third-order valence-corrected chi connectivity index (χ3v) is 8.13. The van der Waals surface area contributed by atoms with Gasteiger partial charge in [-0.15, -0.1) is 11.3 Å². The van der Waals surface area contributed by atoms with E-state index in [1.807, 2.05) is 49.4 Å². The van der Waals surface area contributed by atoms with Gasteiger partial charge in [-0.05, 0) is 67.0 Å². The highest BCUT2D eigenvalue weighted by Gasteiger charge is 2.41. The highest BCUT2D eigenvalue weighted by molar-refractivity contribution is 7.21. The van der Waals surface area contributed by atoms with Crippen molar-refractivity contribution in [1.82, 2.24) is 9.97 Å². The van der Waals surface area contributed by atoms with E-state index < -0.39 is 5.41 Å². The zero-order valence-corrected chi connectivity index (χ0v) is 21.6. The molecule has 1 fully saturated rings. The highest BCUT2D eigenvalue weighted by Crippen LogP contribution is 2.38. The van der Waals surface area contributed by atoms with Crippen LogP contribution in [0.2, 0.25) is 0 Å². The average Bonchev–Trinajstić information content (AvgIpc) is 3.25. The van der Waals surface area contributed by atoms with Crippen LogP contribution in [0.25, 0.3) is 21.2 Å². The van der Waals surface area contributed by atoms with E-state index in [-0.39, 0.29) is 17.8 Å². The van der Waals surface area contributed by atoms with Crippen molar-refractivity contribution in [2.24, 2.45) is 0 Å². The van der Waals surface area contributed by atoms with Crippen LogP contribution in [-0.2, 0) is 19.7 Å². The van der Waals surface area contributed by atoms with Gasteiger partial charge < -0.3 is 20.5 Å². The zero-order valence-electron chi connectivity index (χ0n) is 20.7. The van der Waals surface area contributed by atoms with Gasteiger partial charge in [-0.25, -0.2) is 14.8 Å². The number of nitrogen functional groups attached to an aromatic ring is 1. The molecular formula is C28H28N4O4S. The number of nitrogens with two attached hydrogens (primary N) is 1. The summed E-state index contributed by atoms with van der Waals surface area (Å²) in [5.74, 6) is -0.162. The number of amides is 1. The molecule has 37 heavy (non-hydrogen) atoms. The number of nitrogens with zero attached hydrogens (tertiary/aromatic N) is 2. The summed E-state index contributed by atoms with van der Waals surface area (Å²) in [6.07, 6.45) is 4.53. The maximum absolute atomic E-state index is 13.8. The van der Waals surface area contributed by atoms with Gasteiger partial charge in [-0.2, -0.15) is 0 Å². The number of anilines is 2. The molecule has 0 radical (unpaired) electrons. The van der Waals surface area contributed by atoms with Gasteiger partial charge in [0.15, 0.2) is 0 Å². The van der Waals surface area contributed by atoms with Gasteiger partial charge in [-0.3, -0.25) is 4.79 Å². The second kappa shape index (κ2) is 10.3. The third-order valence-electron chi connectivity index (χ3n) is 6.88. The molecule has 0 spiro atoms. The molecule has 0 atom stereocenters. The Balaban J connectivity index is 1.43. The molecule has 1 amide bonds. The highest BCUT2D eigenvalue weighted by atomic mass is 32.1. The van der Waals surface area contributed by atoms with Gasteiger partial charge in [-0.1, -0.05) is 24.3 Å². The topological polar surface area (TPSA) is 116 Å². The van der Waals surface area contributed by atoms with Crippen LogP contribution in [-0.4, -0.2) is 41.7 Å². The van der Waals surface area contributed by atoms with Crippen molar-refractivity contribution in [3.05, 3.63) is 70.9 Å². The van der Waals surface area contributed by atoms with E-state index in [0.29, 0.717) is 43.2 Å². The number of thiophene rings is 1. The van der Waals surface area contributed by atoms with E-state index in [0.717, 1.165) is 32.3 Å². The van der Waals surface area contributed by atoms with Crippen LogP contribution in [0.1, 0.15) is 40.6 Å². The van der Waals surface area contributed by atoms with Gasteiger partial charge >= 0.3 is 5.97 Å². The number of benzene rings is 2. The fourth-order valence-electron chi connectivity index (χ4n) is 4.78. The molecule has 0 saturated carbocycles. The van der Waals surface area contributed by atoms with E-state index in [4.69, 9.17) is 15.2 Å². The number of hydrogen-bond donors (Lipinski definition) is 2. The van der Waals surface area contributed by atoms with E-state index in [2.05, 4.69) is 15.3 Å². The summed E-state index contributed by atoms with van der Waals surface area (Å²) < 4.78 is 11.8. The van der Waals surface area contributed by atoms with Crippen LogP contribution in [0.15, 0.2) is 54.9 Å². The quantitative estimate of drug-likeness (QED) is 0.342. The minimum absolute atomic E-state index is 0.0720. The minimum Gasteiger partial charge on any atom is -0.462 e. The van der Waals surface area contributed by atoms with Crippen molar-refractivity contribution < 1.29 is 19.1 Å². The van der Waals surface area contributed by atoms with Crippen molar-refractivity contribution in [3.8, 4) is 11.1 Å². The SMILES string of the molecule is CCOC(=O)c1sc2ccc(NC(=O)C3(c4ccc(-c5cnc(N)nc5)cc4)CCOCC3)cc2c1C. The van der Waals surface area contributed by atoms with Gasteiger partial charge in [0, 0.05) is 41.6 Å². The lowest BCUT2D eigenvalue weighted by atomic mass is 9.73. The van der Waals surface area contributed by atoms with Crippen molar-refractivity contribution in [3.63, 3.8) is 0 Å². The van der Waals surface area contributed by atoms with Crippen molar-refractivity contribution in [1.29, 1.82) is 0 Å². The van der Waals surface area contributed by atoms with Crippen LogP contribution in [0.5, 0.6) is 0 Å². The number of hydrogen-bond acceptors (Lipinski definition) is 8. The molecule has 8 nitrogen and oxygen atoms in total. The van der Waals surface area contributed by atoms with Crippen molar-refractivity contribution in [2.45, 2.75) is 32.1 Å². The second-order valence-electron chi connectivity index (χ2n) is 9.04. The first kappa shape index (κ1) is 24.9. The lowest BCUT2D eigenvalue weighted by molar-refractivity contribution is -0.125. The Bertz CT molecular complexity index is 1440. The second-order valence-corrected chi connectivity index (χ2v) is 10.1. The Morgan fingerprint density at radius 3 is 2.46 bits per heavy atom. The predicted molar refractivity (Wildman–Crippen MR) is 145 cm³/mol.